The van der Waals surface area contributed by atoms with Crippen molar-refractivity contribution in [2.75, 3.05) is 26.2 Å². The molecule has 1 saturated heterocycles. The smallest absolute Gasteiger partial charge is 0.356 e. The van der Waals surface area contributed by atoms with Crippen LogP contribution in [0, 0.1) is 5.82 Å². The maximum atomic E-state index is 13.3. The van der Waals surface area contributed by atoms with Crippen LogP contribution in [0.3, 0.4) is 0 Å². The summed E-state index contributed by atoms with van der Waals surface area (Å²) in [5.41, 5.74) is 2.04. The van der Waals surface area contributed by atoms with E-state index in [4.69, 9.17) is 9.84 Å². The van der Waals surface area contributed by atoms with Crippen LogP contribution in [0.2, 0.25) is 0 Å². The Morgan fingerprint density at radius 2 is 1.91 bits per heavy atom. The molecule has 1 aliphatic heterocycles. The Labute approximate surface area is 196 Å². The Hall–Kier alpha value is -3.79. The predicted molar refractivity (Wildman–Crippen MR) is 121 cm³/mol. The fraction of sp³-hybridized carbons (Fsp3) is 0.333. The van der Waals surface area contributed by atoms with Gasteiger partial charge in [0.2, 0.25) is 5.91 Å². The van der Waals surface area contributed by atoms with Crippen LogP contribution in [-0.2, 0) is 24.5 Å². The second-order valence-corrected chi connectivity index (χ2v) is 8.16. The van der Waals surface area contributed by atoms with E-state index >= 15 is 0 Å². The van der Waals surface area contributed by atoms with Crippen molar-refractivity contribution >= 4 is 11.9 Å². The Morgan fingerprint density at radius 1 is 1.06 bits per heavy atom. The van der Waals surface area contributed by atoms with Crippen molar-refractivity contribution in [3.05, 3.63) is 77.6 Å². The quantitative estimate of drug-likeness (QED) is 0.543. The van der Waals surface area contributed by atoms with E-state index in [-0.39, 0.29) is 18.1 Å². The molecule has 1 amide bonds. The molecule has 2 aromatic heterocycles. The third-order valence-electron chi connectivity index (χ3n) is 5.58. The maximum Gasteiger partial charge on any atom is 0.356 e. The van der Waals surface area contributed by atoms with Gasteiger partial charge in [-0.2, -0.15) is 5.10 Å². The number of carbonyl (C=O) groups excluding carboxylic acids is 1. The summed E-state index contributed by atoms with van der Waals surface area (Å²) in [7, 11) is 0. The number of amides is 1. The molecule has 10 heteroatoms. The fourth-order valence-electron chi connectivity index (χ4n) is 3.89. The third kappa shape index (κ3) is 6.38. The molecule has 9 nitrogen and oxygen atoms in total. The molecule has 178 valence electrons. The number of nitrogens with zero attached hydrogens (tertiary/aromatic N) is 5. The average Bonchev–Trinajstić information content (AvgIpc) is 3.16. The first-order valence-corrected chi connectivity index (χ1v) is 11.0. The number of halogens is 1. The molecule has 0 saturated carbocycles. The normalized spacial score (nSPS) is 14.6. The number of pyridine rings is 1. The molecule has 3 aromatic rings. The van der Waals surface area contributed by atoms with Crippen LogP contribution < -0.4 is 4.74 Å². The molecule has 0 bridgehead atoms. The molecule has 0 unspecified atom stereocenters. The topological polar surface area (TPSA) is 101 Å². The lowest BCUT2D eigenvalue weighted by atomic mass is 10.1. The van der Waals surface area contributed by atoms with Gasteiger partial charge in [0, 0.05) is 45.0 Å². The fourth-order valence-corrected chi connectivity index (χ4v) is 3.89. The zero-order valence-corrected chi connectivity index (χ0v) is 18.6. The summed E-state index contributed by atoms with van der Waals surface area (Å²) in [5, 5.41) is 12.9. The molecular formula is C24H26FN5O4. The number of rotatable bonds is 8. The lowest BCUT2D eigenvalue weighted by molar-refractivity contribution is -0.131. The van der Waals surface area contributed by atoms with Crippen molar-refractivity contribution in [2.24, 2.45) is 0 Å². The highest BCUT2D eigenvalue weighted by molar-refractivity contribution is 5.85. The highest BCUT2D eigenvalue weighted by Crippen LogP contribution is 2.15. The van der Waals surface area contributed by atoms with E-state index in [2.05, 4.69) is 27.1 Å². The first kappa shape index (κ1) is 23.4. The molecule has 0 spiro atoms. The summed E-state index contributed by atoms with van der Waals surface area (Å²) in [5.74, 6) is -1.24. The second kappa shape index (κ2) is 10.9. The van der Waals surface area contributed by atoms with Crippen molar-refractivity contribution in [2.45, 2.75) is 26.1 Å². The molecule has 1 fully saturated rings. The average molecular weight is 468 g/mol. The Kier molecular flexibility index (Phi) is 7.48. The molecule has 3 heterocycles. The van der Waals surface area contributed by atoms with E-state index in [0.717, 1.165) is 43.4 Å². The van der Waals surface area contributed by atoms with Crippen LogP contribution in [-0.4, -0.2) is 67.7 Å². The van der Waals surface area contributed by atoms with E-state index < -0.39 is 11.8 Å². The van der Waals surface area contributed by atoms with Crippen LogP contribution in [0.4, 0.5) is 4.39 Å². The van der Waals surface area contributed by atoms with E-state index in [0.29, 0.717) is 25.4 Å². The number of carboxylic acids is 1. The van der Waals surface area contributed by atoms with Gasteiger partial charge in [0.05, 0.1) is 12.4 Å². The number of carbonyl (C=O) groups is 2. The van der Waals surface area contributed by atoms with E-state index in [9.17, 15) is 14.0 Å². The molecule has 4 rings (SSSR count). The zero-order valence-electron chi connectivity index (χ0n) is 18.6. The first-order valence-electron chi connectivity index (χ1n) is 11.0. The van der Waals surface area contributed by atoms with Gasteiger partial charge in [-0.25, -0.2) is 9.18 Å². The second-order valence-electron chi connectivity index (χ2n) is 8.16. The monoisotopic (exact) mass is 467 g/mol. The summed E-state index contributed by atoms with van der Waals surface area (Å²) in [4.78, 5) is 31.5. The molecular weight excluding hydrogens is 441 g/mol. The SMILES string of the molecule is O=C(O)c1ccn(CC(=O)N2CCCN(Cc3cccc(COc4cncc(F)c4)c3)CC2)n1. The standard InChI is InChI=1S/C24H26FN5O4/c25-20-12-21(14-26-13-20)34-17-19-4-1-3-18(11-19)15-28-6-2-7-29(10-9-28)23(31)16-30-8-5-22(27-30)24(32)33/h1,3-5,8,11-14H,2,6-7,9-10,15-17H2,(H,32,33). The predicted octanol–water partition coefficient (Wildman–Crippen LogP) is 2.43. The van der Waals surface area contributed by atoms with Crippen LogP contribution in [0.1, 0.15) is 28.0 Å². The van der Waals surface area contributed by atoms with Gasteiger partial charge in [-0.3, -0.25) is 19.4 Å². The van der Waals surface area contributed by atoms with Gasteiger partial charge in [-0.1, -0.05) is 24.3 Å². The van der Waals surface area contributed by atoms with Crippen molar-refractivity contribution in [3.63, 3.8) is 0 Å². The lowest BCUT2D eigenvalue weighted by Gasteiger charge is -2.22. The Balaban J connectivity index is 1.28. The molecule has 1 aliphatic rings. The first-order chi connectivity index (χ1) is 16.5. The molecule has 0 aliphatic carbocycles. The van der Waals surface area contributed by atoms with E-state index in [1.54, 1.807) is 4.90 Å². The van der Waals surface area contributed by atoms with Crippen molar-refractivity contribution in [1.82, 2.24) is 24.6 Å². The third-order valence-corrected chi connectivity index (χ3v) is 5.58. The number of carboxylic acid groups (broad SMARTS) is 1. The van der Waals surface area contributed by atoms with Gasteiger partial charge in [0.25, 0.3) is 0 Å². The highest BCUT2D eigenvalue weighted by Gasteiger charge is 2.20. The largest absolute Gasteiger partial charge is 0.487 e. The van der Waals surface area contributed by atoms with Gasteiger partial charge < -0.3 is 14.7 Å². The Bertz CT molecular complexity index is 1150. The summed E-state index contributed by atoms with van der Waals surface area (Å²) in [6.07, 6.45) is 4.97. The van der Waals surface area contributed by atoms with Crippen molar-refractivity contribution in [1.29, 1.82) is 0 Å². The summed E-state index contributed by atoms with van der Waals surface area (Å²) < 4.78 is 20.3. The van der Waals surface area contributed by atoms with Crippen LogP contribution in [0.15, 0.2) is 55.0 Å². The zero-order chi connectivity index (χ0) is 23.9. The van der Waals surface area contributed by atoms with E-state index in [1.807, 2.05) is 12.1 Å². The number of aromatic nitrogens is 3. The molecule has 34 heavy (non-hydrogen) atoms. The Morgan fingerprint density at radius 3 is 2.71 bits per heavy atom. The van der Waals surface area contributed by atoms with Gasteiger partial charge in [0.15, 0.2) is 5.69 Å². The summed E-state index contributed by atoms with van der Waals surface area (Å²) in [6.45, 7) is 3.94. The summed E-state index contributed by atoms with van der Waals surface area (Å²) >= 11 is 0. The molecule has 1 N–H and O–H groups in total. The lowest BCUT2D eigenvalue weighted by Crippen LogP contribution is -2.37. The summed E-state index contributed by atoms with van der Waals surface area (Å²) in [6, 6.07) is 10.7. The minimum atomic E-state index is -1.11. The highest BCUT2D eigenvalue weighted by atomic mass is 19.1. The van der Waals surface area contributed by atoms with E-state index in [1.165, 1.54) is 29.2 Å². The van der Waals surface area contributed by atoms with Gasteiger partial charge in [-0.15, -0.1) is 0 Å². The number of benzene rings is 1. The number of hydrogen-bond acceptors (Lipinski definition) is 6. The molecule has 0 atom stereocenters. The maximum absolute atomic E-state index is 13.3. The van der Waals surface area contributed by atoms with Gasteiger partial charge >= 0.3 is 5.97 Å². The minimum Gasteiger partial charge on any atom is -0.487 e. The molecule has 1 aromatic carbocycles. The van der Waals surface area contributed by atoms with Crippen molar-refractivity contribution in [3.8, 4) is 5.75 Å². The number of aromatic carboxylic acids is 1. The van der Waals surface area contributed by atoms with Crippen molar-refractivity contribution < 1.29 is 23.8 Å². The van der Waals surface area contributed by atoms with Crippen LogP contribution >= 0.6 is 0 Å². The molecule has 0 radical (unpaired) electrons. The number of hydrogen-bond donors (Lipinski definition) is 1. The van der Waals surface area contributed by atoms with Gasteiger partial charge in [-0.05, 0) is 23.6 Å². The number of ether oxygens (including phenoxy) is 1. The van der Waals surface area contributed by atoms with Crippen LogP contribution in [0.25, 0.3) is 0 Å². The minimum absolute atomic E-state index is 0.0240. The van der Waals surface area contributed by atoms with Gasteiger partial charge in [0.1, 0.15) is 24.7 Å². The van der Waals surface area contributed by atoms with Crippen LogP contribution in [0.5, 0.6) is 5.75 Å².